The Morgan fingerprint density at radius 1 is 0.846 bits per heavy atom. The Hall–Kier alpha value is -2.71. The normalized spacial score (nSPS) is 21.0. The minimum Gasteiger partial charge on any atom is -0.251 e. The maximum atomic E-state index is 5.02. The molecule has 26 heavy (non-hydrogen) atoms. The van der Waals surface area contributed by atoms with Gasteiger partial charge >= 0.3 is 0 Å². The molecule has 0 saturated heterocycles. The van der Waals surface area contributed by atoms with Crippen molar-refractivity contribution in [3.63, 3.8) is 0 Å². The Balaban J connectivity index is 1.90. The quantitative estimate of drug-likeness (QED) is 0.531. The summed E-state index contributed by atoms with van der Waals surface area (Å²) >= 11 is 3.82. The summed E-state index contributed by atoms with van der Waals surface area (Å²) in [4.78, 5) is 5.02. The topological polar surface area (TPSA) is 12.4 Å². The summed E-state index contributed by atoms with van der Waals surface area (Å²) in [6.45, 7) is 0. The molecule has 3 aliphatic rings. The second-order valence-electron chi connectivity index (χ2n) is 6.97. The van der Waals surface area contributed by atoms with Gasteiger partial charge in [-0.1, -0.05) is 82.7 Å². The van der Waals surface area contributed by atoms with Crippen molar-refractivity contribution in [3.05, 3.63) is 104 Å². The van der Waals surface area contributed by atoms with Crippen LogP contribution in [0.1, 0.15) is 16.7 Å². The zero-order chi connectivity index (χ0) is 17.3. The standard InChI is InChI=1S/C24H14BrN/c25-19-10-5-7-16-14-21-24(18-9-3-4-11-20(18)26-21)13-12-15-6-1-2-8-17(15)23(24)22(16)19/h1-14H. The van der Waals surface area contributed by atoms with Crippen LogP contribution in [0, 0.1) is 0 Å². The maximum absolute atomic E-state index is 5.02. The zero-order valence-corrected chi connectivity index (χ0v) is 15.5. The predicted octanol–water partition coefficient (Wildman–Crippen LogP) is 4.49. The predicted molar refractivity (Wildman–Crippen MR) is 111 cm³/mol. The molecular weight excluding hydrogens is 382 g/mol. The van der Waals surface area contributed by atoms with Gasteiger partial charge in [0.25, 0.3) is 0 Å². The van der Waals surface area contributed by atoms with Crippen LogP contribution in [-0.4, -0.2) is 5.71 Å². The number of rotatable bonds is 0. The summed E-state index contributed by atoms with van der Waals surface area (Å²) in [6, 6.07) is 23.6. The minimum atomic E-state index is -0.304. The highest BCUT2D eigenvalue weighted by atomic mass is 79.9. The number of halogens is 1. The van der Waals surface area contributed by atoms with Gasteiger partial charge < -0.3 is 0 Å². The molecule has 0 bridgehead atoms. The molecule has 2 heteroatoms. The smallest absolute Gasteiger partial charge is 0.0841 e. The highest BCUT2D eigenvalue weighted by Crippen LogP contribution is 2.52. The van der Waals surface area contributed by atoms with Crippen molar-refractivity contribution in [1.82, 2.24) is 0 Å². The van der Waals surface area contributed by atoms with Crippen molar-refractivity contribution in [1.29, 1.82) is 0 Å². The first-order chi connectivity index (χ1) is 12.8. The van der Waals surface area contributed by atoms with Gasteiger partial charge in [-0.2, -0.15) is 0 Å². The molecule has 1 nitrogen and oxygen atoms in total. The van der Waals surface area contributed by atoms with Crippen LogP contribution in [0.5, 0.6) is 0 Å². The van der Waals surface area contributed by atoms with Gasteiger partial charge in [-0.3, -0.25) is 4.99 Å². The van der Waals surface area contributed by atoms with E-state index in [0.29, 0.717) is 0 Å². The van der Waals surface area contributed by atoms with Crippen molar-refractivity contribution < 1.29 is 0 Å². The maximum Gasteiger partial charge on any atom is 0.0841 e. The SMILES string of the molecule is Brc1cccc2c1=C1c3ccccc3C=CC13C(=Nc1ccccc13)C=2. The van der Waals surface area contributed by atoms with Gasteiger partial charge in [0.05, 0.1) is 16.8 Å². The van der Waals surface area contributed by atoms with E-state index in [-0.39, 0.29) is 5.41 Å². The van der Waals surface area contributed by atoms with Gasteiger partial charge in [0.2, 0.25) is 0 Å². The zero-order valence-electron chi connectivity index (χ0n) is 13.9. The molecule has 1 spiro atoms. The number of hydrogen-bond donors (Lipinski definition) is 0. The van der Waals surface area contributed by atoms with Crippen LogP contribution >= 0.6 is 15.9 Å². The molecule has 1 atom stereocenters. The number of para-hydroxylation sites is 1. The molecule has 2 aliphatic carbocycles. The van der Waals surface area contributed by atoms with Gasteiger partial charge in [-0.25, -0.2) is 0 Å². The lowest BCUT2D eigenvalue weighted by molar-refractivity contribution is 0.952. The molecule has 1 aliphatic heterocycles. The number of benzene rings is 3. The third-order valence-electron chi connectivity index (χ3n) is 5.70. The van der Waals surface area contributed by atoms with Crippen LogP contribution in [0.4, 0.5) is 5.69 Å². The molecule has 3 aromatic rings. The van der Waals surface area contributed by atoms with Crippen molar-refractivity contribution in [2.24, 2.45) is 4.99 Å². The lowest BCUT2D eigenvalue weighted by Gasteiger charge is -2.37. The molecular formula is C24H14BrN. The van der Waals surface area contributed by atoms with Crippen LogP contribution in [0.2, 0.25) is 0 Å². The van der Waals surface area contributed by atoms with E-state index in [4.69, 9.17) is 4.99 Å². The van der Waals surface area contributed by atoms with Gasteiger partial charge in [0.15, 0.2) is 0 Å². The highest BCUT2D eigenvalue weighted by molar-refractivity contribution is 9.10. The van der Waals surface area contributed by atoms with E-state index in [0.717, 1.165) is 15.9 Å². The number of hydrogen-bond acceptors (Lipinski definition) is 1. The first kappa shape index (κ1) is 14.5. The molecule has 1 heterocycles. The summed E-state index contributed by atoms with van der Waals surface area (Å²) in [5.41, 5.74) is 7.05. The monoisotopic (exact) mass is 395 g/mol. The number of nitrogens with zero attached hydrogens (tertiary/aromatic N) is 1. The molecule has 6 rings (SSSR count). The van der Waals surface area contributed by atoms with E-state index in [1.54, 1.807) is 0 Å². The van der Waals surface area contributed by atoms with Crippen LogP contribution < -0.4 is 10.4 Å². The van der Waals surface area contributed by atoms with Crippen molar-refractivity contribution in [2.45, 2.75) is 5.41 Å². The number of allylic oxidation sites excluding steroid dienone is 1. The summed E-state index contributed by atoms with van der Waals surface area (Å²) < 4.78 is 1.13. The fraction of sp³-hybridized carbons (Fsp3) is 0.0417. The van der Waals surface area contributed by atoms with Crippen LogP contribution in [0.3, 0.4) is 0 Å². The highest BCUT2D eigenvalue weighted by Gasteiger charge is 2.47. The molecule has 3 aromatic carbocycles. The lowest BCUT2D eigenvalue weighted by atomic mass is 9.63. The minimum absolute atomic E-state index is 0.304. The molecule has 0 N–H and O–H groups in total. The van der Waals surface area contributed by atoms with Gasteiger partial charge in [0.1, 0.15) is 0 Å². The van der Waals surface area contributed by atoms with Crippen LogP contribution in [-0.2, 0) is 5.41 Å². The largest absolute Gasteiger partial charge is 0.251 e. The van der Waals surface area contributed by atoms with E-state index in [9.17, 15) is 0 Å². The van der Waals surface area contributed by atoms with Crippen molar-refractivity contribution in [3.8, 4) is 0 Å². The molecule has 122 valence electrons. The van der Waals surface area contributed by atoms with E-state index >= 15 is 0 Å². The van der Waals surface area contributed by atoms with Gasteiger partial charge in [-0.15, -0.1) is 0 Å². The first-order valence-corrected chi connectivity index (χ1v) is 9.57. The van der Waals surface area contributed by atoms with E-state index in [2.05, 4.69) is 101 Å². The van der Waals surface area contributed by atoms with Gasteiger partial charge in [-0.05, 0) is 45.7 Å². The number of fused-ring (bicyclic) bond motifs is 4. The molecule has 0 fully saturated rings. The molecule has 0 radical (unpaired) electrons. The summed E-state index contributed by atoms with van der Waals surface area (Å²) in [5, 5.41) is 2.50. The Bertz CT molecular complexity index is 1300. The van der Waals surface area contributed by atoms with Crippen LogP contribution in [0.15, 0.2) is 82.3 Å². The molecule has 0 saturated carbocycles. The Labute approximate surface area is 159 Å². The fourth-order valence-electron chi connectivity index (χ4n) is 4.63. The van der Waals surface area contributed by atoms with Crippen molar-refractivity contribution in [2.75, 3.05) is 0 Å². The second kappa shape index (κ2) is 4.93. The first-order valence-electron chi connectivity index (χ1n) is 8.77. The van der Waals surface area contributed by atoms with Crippen molar-refractivity contribution >= 4 is 45.1 Å². The van der Waals surface area contributed by atoms with Gasteiger partial charge in [0, 0.05) is 9.69 Å². The summed E-state index contributed by atoms with van der Waals surface area (Å²) in [6.07, 6.45) is 6.85. The summed E-state index contributed by atoms with van der Waals surface area (Å²) in [5.74, 6) is 0. The van der Waals surface area contributed by atoms with Crippen LogP contribution in [0.25, 0.3) is 17.7 Å². The molecule has 0 aromatic heterocycles. The number of aliphatic imine (C=N–C) groups is 1. The van der Waals surface area contributed by atoms with E-state index in [1.807, 2.05) is 0 Å². The van der Waals surface area contributed by atoms with E-state index < -0.39 is 0 Å². The average molecular weight is 396 g/mol. The molecule has 1 unspecified atom stereocenters. The lowest BCUT2D eigenvalue weighted by Crippen LogP contribution is -2.46. The second-order valence-corrected chi connectivity index (χ2v) is 7.82. The Kier molecular flexibility index (Phi) is 2.74. The summed E-state index contributed by atoms with van der Waals surface area (Å²) in [7, 11) is 0. The Morgan fingerprint density at radius 2 is 1.69 bits per heavy atom. The molecule has 0 amide bonds. The third kappa shape index (κ3) is 1.63. The Morgan fingerprint density at radius 3 is 2.65 bits per heavy atom. The third-order valence-corrected chi connectivity index (χ3v) is 6.36. The fourth-order valence-corrected chi connectivity index (χ4v) is 5.21. The average Bonchev–Trinajstić information content (AvgIpc) is 2.99. The van der Waals surface area contributed by atoms with E-state index in [1.165, 1.54) is 32.7 Å².